The van der Waals surface area contributed by atoms with Crippen LogP contribution in [-0.2, 0) is 4.79 Å². The Morgan fingerprint density at radius 3 is 2.79 bits per heavy atom. The highest BCUT2D eigenvalue weighted by atomic mass is 35.5. The van der Waals surface area contributed by atoms with Crippen LogP contribution >= 0.6 is 11.6 Å². The van der Waals surface area contributed by atoms with E-state index in [1.54, 1.807) is 12.1 Å². The van der Waals surface area contributed by atoms with Crippen molar-refractivity contribution in [1.29, 1.82) is 5.26 Å². The molecule has 1 amide bonds. The van der Waals surface area contributed by atoms with Crippen LogP contribution in [0.25, 0.3) is 0 Å². The Morgan fingerprint density at radius 1 is 1.53 bits per heavy atom. The quantitative estimate of drug-likeness (QED) is 0.924. The van der Waals surface area contributed by atoms with Gasteiger partial charge in [0.15, 0.2) is 0 Å². The Bertz CT molecular complexity index is 536. The fraction of sp³-hybridized carbons (Fsp3) is 0.429. The largest absolute Gasteiger partial charge is 0.380 e. The lowest BCUT2D eigenvalue weighted by Gasteiger charge is -2.21. The molecule has 1 fully saturated rings. The van der Waals surface area contributed by atoms with E-state index in [0.717, 1.165) is 5.69 Å². The van der Waals surface area contributed by atoms with Gasteiger partial charge >= 0.3 is 0 Å². The van der Waals surface area contributed by atoms with Crippen LogP contribution in [0.4, 0.5) is 5.69 Å². The molecule has 0 radical (unpaired) electrons. The molecule has 5 heteroatoms. The monoisotopic (exact) mass is 277 g/mol. The molecule has 1 saturated heterocycles. The van der Waals surface area contributed by atoms with Gasteiger partial charge in [-0.2, -0.15) is 5.26 Å². The van der Waals surface area contributed by atoms with Gasteiger partial charge in [-0.3, -0.25) is 4.79 Å². The number of rotatable bonds is 3. The molecule has 1 unspecified atom stereocenters. The Hall–Kier alpha value is -1.73. The second kappa shape index (κ2) is 5.50. The number of nitriles is 1. The van der Waals surface area contributed by atoms with E-state index < -0.39 is 0 Å². The summed E-state index contributed by atoms with van der Waals surface area (Å²) in [6.07, 6.45) is 0.496. The summed E-state index contributed by atoms with van der Waals surface area (Å²) in [6, 6.07) is 7.56. The number of carbonyl (C=O) groups is 1. The van der Waals surface area contributed by atoms with Crippen LogP contribution in [0, 0.1) is 11.3 Å². The predicted molar refractivity (Wildman–Crippen MR) is 75.0 cm³/mol. The molecule has 0 aromatic heterocycles. The standard InChI is InChI=1S/C14H16ClN3O/c1-9(2)18-8-12(6-14(18)19)17-11-4-3-10(7-16)13(15)5-11/h3-5,9,12,17H,6,8H2,1-2H3. The summed E-state index contributed by atoms with van der Waals surface area (Å²) in [5.74, 6) is 0.173. The maximum absolute atomic E-state index is 11.8. The lowest BCUT2D eigenvalue weighted by atomic mass is 10.2. The summed E-state index contributed by atoms with van der Waals surface area (Å²) in [6.45, 7) is 4.73. The number of hydrogen-bond donors (Lipinski definition) is 1. The highest BCUT2D eigenvalue weighted by molar-refractivity contribution is 6.32. The molecule has 0 saturated carbocycles. The number of nitrogens with zero attached hydrogens (tertiary/aromatic N) is 2. The fourth-order valence-corrected chi connectivity index (χ4v) is 2.48. The summed E-state index contributed by atoms with van der Waals surface area (Å²) in [7, 11) is 0. The smallest absolute Gasteiger partial charge is 0.225 e. The molecular weight excluding hydrogens is 262 g/mol. The number of anilines is 1. The molecule has 0 aliphatic carbocycles. The molecule has 1 aromatic carbocycles. The van der Waals surface area contributed by atoms with Gasteiger partial charge in [-0.1, -0.05) is 11.6 Å². The van der Waals surface area contributed by atoms with Crippen LogP contribution in [0.3, 0.4) is 0 Å². The molecule has 0 spiro atoms. The molecule has 100 valence electrons. The number of halogens is 1. The fourth-order valence-electron chi connectivity index (χ4n) is 2.26. The zero-order valence-electron chi connectivity index (χ0n) is 11.0. The van der Waals surface area contributed by atoms with Gasteiger partial charge in [0, 0.05) is 24.7 Å². The van der Waals surface area contributed by atoms with E-state index >= 15 is 0 Å². The van der Waals surface area contributed by atoms with Gasteiger partial charge in [-0.25, -0.2) is 0 Å². The van der Waals surface area contributed by atoms with Gasteiger partial charge in [0.25, 0.3) is 0 Å². The summed E-state index contributed by atoms with van der Waals surface area (Å²) < 4.78 is 0. The van der Waals surface area contributed by atoms with Gasteiger partial charge in [0.1, 0.15) is 6.07 Å². The zero-order valence-corrected chi connectivity index (χ0v) is 11.7. The number of benzene rings is 1. The minimum atomic E-state index is 0.0962. The highest BCUT2D eigenvalue weighted by Gasteiger charge is 2.30. The van der Waals surface area contributed by atoms with E-state index in [1.807, 2.05) is 30.9 Å². The Morgan fingerprint density at radius 2 is 2.26 bits per heavy atom. The van der Waals surface area contributed by atoms with Crippen molar-refractivity contribution in [2.75, 3.05) is 11.9 Å². The number of amides is 1. The first-order valence-corrected chi connectivity index (χ1v) is 6.64. The number of likely N-dealkylation sites (tertiary alicyclic amines) is 1. The minimum absolute atomic E-state index is 0.0962. The lowest BCUT2D eigenvalue weighted by Crippen LogP contribution is -2.33. The van der Waals surface area contributed by atoms with Crippen molar-refractivity contribution in [2.24, 2.45) is 0 Å². The highest BCUT2D eigenvalue weighted by Crippen LogP contribution is 2.23. The molecule has 1 atom stereocenters. The van der Waals surface area contributed by atoms with Crippen molar-refractivity contribution in [2.45, 2.75) is 32.4 Å². The van der Waals surface area contributed by atoms with Crippen molar-refractivity contribution in [3.05, 3.63) is 28.8 Å². The molecule has 1 aliphatic rings. The van der Waals surface area contributed by atoms with Crippen LogP contribution in [0.15, 0.2) is 18.2 Å². The average molecular weight is 278 g/mol. The maximum Gasteiger partial charge on any atom is 0.225 e. The normalized spacial score (nSPS) is 18.8. The third-order valence-electron chi connectivity index (χ3n) is 3.24. The van der Waals surface area contributed by atoms with Crippen molar-refractivity contribution >= 4 is 23.2 Å². The second-order valence-corrected chi connectivity index (χ2v) is 5.40. The summed E-state index contributed by atoms with van der Waals surface area (Å²) in [4.78, 5) is 13.7. The SMILES string of the molecule is CC(C)N1CC(Nc2ccc(C#N)c(Cl)c2)CC1=O. The van der Waals surface area contributed by atoms with Crippen molar-refractivity contribution < 1.29 is 4.79 Å². The van der Waals surface area contributed by atoms with Crippen molar-refractivity contribution in [1.82, 2.24) is 4.90 Å². The Labute approximate surface area is 118 Å². The molecule has 4 nitrogen and oxygen atoms in total. The molecule has 1 aromatic rings. The van der Waals surface area contributed by atoms with E-state index in [0.29, 0.717) is 23.6 Å². The minimum Gasteiger partial charge on any atom is -0.380 e. The Balaban J connectivity index is 2.05. The number of hydrogen-bond acceptors (Lipinski definition) is 3. The van der Waals surface area contributed by atoms with Crippen LogP contribution in [0.1, 0.15) is 25.8 Å². The molecule has 19 heavy (non-hydrogen) atoms. The summed E-state index contributed by atoms with van der Waals surface area (Å²) >= 11 is 5.98. The summed E-state index contributed by atoms with van der Waals surface area (Å²) in [5, 5.41) is 12.5. The van der Waals surface area contributed by atoms with Crippen molar-refractivity contribution in [3.63, 3.8) is 0 Å². The van der Waals surface area contributed by atoms with Crippen LogP contribution in [0.2, 0.25) is 5.02 Å². The number of nitrogens with one attached hydrogen (secondary N) is 1. The van der Waals surface area contributed by atoms with Gasteiger partial charge in [-0.15, -0.1) is 0 Å². The van der Waals surface area contributed by atoms with E-state index in [-0.39, 0.29) is 18.0 Å². The third kappa shape index (κ3) is 2.99. The zero-order chi connectivity index (χ0) is 14.0. The van der Waals surface area contributed by atoms with Crippen LogP contribution in [-0.4, -0.2) is 29.4 Å². The third-order valence-corrected chi connectivity index (χ3v) is 3.55. The second-order valence-electron chi connectivity index (χ2n) is 4.99. The van der Waals surface area contributed by atoms with Gasteiger partial charge in [0.2, 0.25) is 5.91 Å². The van der Waals surface area contributed by atoms with Crippen molar-refractivity contribution in [3.8, 4) is 6.07 Å². The molecular formula is C14H16ClN3O. The first-order chi connectivity index (χ1) is 9.01. The molecule has 2 rings (SSSR count). The molecule has 1 heterocycles. The van der Waals surface area contributed by atoms with Gasteiger partial charge in [-0.05, 0) is 32.0 Å². The lowest BCUT2D eigenvalue weighted by molar-refractivity contribution is -0.129. The first-order valence-electron chi connectivity index (χ1n) is 6.27. The van der Waals surface area contributed by atoms with E-state index in [9.17, 15) is 4.79 Å². The van der Waals surface area contributed by atoms with Gasteiger partial charge < -0.3 is 10.2 Å². The van der Waals surface area contributed by atoms with E-state index in [2.05, 4.69) is 5.32 Å². The first kappa shape index (κ1) is 13.7. The topological polar surface area (TPSA) is 56.1 Å². The van der Waals surface area contributed by atoms with Gasteiger partial charge in [0.05, 0.1) is 16.6 Å². The molecule has 0 bridgehead atoms. The summed E-state index contributed by atoms with van der Waals surface area (Å²) in [5.41, 5.74) is 1.30. The van der Waals surface area contributed by atoms with Crippen LogP contribution in [0.5, 0.6) is 0 Å². The van der Waals surface area contributed by atoms with Crippen LogP contribution < -0.4 is 5.32 Å². The average Bonchev–Trinajstić information content (AvgIpc) is 2.70. The molecule has 1 N–H and O–H groups in total. The van der Waals surface area contributed by atoms with E-state index in [4.69, 9.17) is 16.9 Å². The maximum atomic E-state index is 11.8. The number of carbonyl (C=O) groups excluding carboxylic acids is 1. The molecule has 1 aliphatic heterocycles. The van der Waals surface area contributed by atoms with E-state index in [1.165, 1.54) is 0 Å². The predicted octanol–water partition coefficient (Wildman–Crippen LogP) is 2.63. The Kier molecular flexibility index (Phi) is 3.96.